The number of carbonyl (C=O) groups is 1. The molecule has 30 heavy (non-hydrogen) atoms. The van der Waals surface area contributed by atoms with Crippen molar-refractivity contribution in [3.63, 3.8) is 0 Å². The molecule has 1 saturated heterocycles. The number of piperidine rings is 1. The highest BCUT2D eigenvalue weighted by Crippen LogP contribution is 2.43. The largest absolute Gasteiger partial charge is 0.396 e. The summed E-state index contributed by atoms with van der Waals surface area (Å²) in [7, 11) is 0. The first kappa shape index (κ1) is 20.8. The molecule has 0 amide bonds. The van der Waals surface area contributed by atoms with Crippen LogP contribution in [0.15, 0.2) is 71.3 Å². The van der Waals surface area contributed by atoms with E-state index in [1.54, 1.807) is 0 Å². The molecule has 1 unspecified atom stereocenters. The van der Waals surface area contributed by atoms with E-state index in [-0.39, 0.29) is 12.4 Å². The molecule has 4 rings (SSSR count). The molecule has 2 N–H and O–H groups in total. The molecule has 1 radical (unpaired) electrons. The quantitative estimate of drug-likeness (QED) is 0.677. The van der Waals surface area contributed by atoms with Gasteiger partial charge in [-0.05, 0) is 68.2 Å². The Bertz CT molecular complexity index is 948. The minimum atomic E-state index is 0.0784. The van der Waals surface area contributed by atoms with Crippen molar-refractivity contribution >= 4 is 11.4 Å². The van der Waals surface area contributed by atoms with Crippen LogP contribution in [0.4, 0.5) is 0 Å². The van der Waals surface area contributed by atoms with Gasteiger partial charge >= 0.3 is 0 Å². The predicted octanol–water partition coefficient (Wildman–Crippen LogP) is 4.92. The maximum atomic E-state index is 13.5. The third-order valence-electron chi connectivity index (χ3n) is 6.23. The van der Waals surface area contributed by atoms with E-state index in [1.165, 1.54) is 11.1 Å². The predicted molar refractivity (Wildman–Crippen MR) is 122 cm³/mol. The zero-order valence-corrected chi connectivity index (χ0v) is 17.7. The fourth-order valence-electron chi connectivity index (χ4n) is 4.71. The number of allylic oxidation sites excluding steroid dienone is 2. The lowest BCUT2D eigenvalue weighted by molar-refractivity contribution is 0.103. The molecule has 0 bridgehead atoms. The van der Waals surface area contributed by atoms with Gasteiger partial charge in [-0.3, -0.25) is 4.79 Å². The summed E-state index contributed by atoms with van der Waals surface area (Å²) < 4.78 is 0. The SMILES string of the molecule is Cc1ccc(C2=C(C(=O)c3ccccc3)C[CH]C(C3CCCNC3)=C2CCO)cc1. The van der Waals surface area contributed by atoms with E-state index in [1.807, 2.05) is 30.3 Å². The summed E-state index contributed by atoms with van der Waals surface area (Å²) in [5.41, 5.74) is 7.30. The number of benzene rings is 2. The van der Waals surface area contributed by atoms with Gasteiger partial charge in [-0.2, -0.15) is 0 Å². The van der Waals surface area contributed by atoms with E-state index in [0.29, 0.717) is 18.8 Å². The second-order valence-electron chi connectivity index (χ2n) is 8.27. The smallest absolute Gasteiger partial charge is 0.189 e. The lowest BCUT2D eigenvalue weighted by atomic mass is 9.73. The number of aliphatic hydroxyl groups is 1. The second-order valence-corrected chi connectivity index (χ2v) is 8.27. The molecule has 2 aromatic carbocycles. The van der Waals surface area contributed by atoms with E-state index in [4.69, 9.17) is 0 Å². The van der Waals surface area contributed by atoms with Crippen molar-refractivity contribution < 1.29 is 9.90 Å². The minimum absolute atomic E-state index is 0.0784. The summed E-state index contributed by atoms with van der Waals surface area (Å²) >= 11 is 0. The topological polar surface area (TPSA) is 49.3 Å². The van der Waals surface area contributed by atoms with Crippen molar-refractivity contribution in [1.29, 1.82) is 0 Å². The van der Waals surface area contributed by atoms with Crippen LogP contribution in [0, 0.1) is 19.3 Å². The molecule has 2 aliphatic rings. The molecular formula is C27H30NO2. The van der Waals surface area contributed by atoms with Crippen LogP contribution in [0.2, 0.25) is 0 Å². The lowest BCUT2D eigenvalue weighted by Crippen LogP contribution is -2.32. The van der Waals surface area contributed by atoms with Crippen molar-refractivity contribution in [1.82, 2.24) is 5.32 Å². The monoisotopic (exact) mass is 400 g/mol. The summed E-state index contributed by atoms with van der Waals surface area (Å²) in [5.74, 6) is 0.521. The van der Waals surface area contributed by atoms with Gasteiger partial charge in [0.1, 0.15) is 0 Å². The van der Waals surface area contributed by atoms with Crippen LogP contribution in [-0.2, 0) is 0 Å². The highest BCUT2D eigenvalue weighted by Gasteiger charge is 2.30. The maximum Gasteiger partial charge on any atom is 0.189 e. The van der Waals surface area contributed by atoms with Crippen molar-refractivity contribution in [3.05, 3.63) is 94.4 Å². The number of Topliss-reactive ketones (excluding diaryl/α,β-unsaturated/α-hetero) is 1. The highest BCUT2D eigenvalue weighted by atomic mass is 16.3. The summed E-state index contributed by atoms with van der Waals surface area (Å²) in [4.78, 5) is 13.5. The van der Waals surface area contributed by atoms with Gasteiger partial charge in [-0.15, -0.1) is 0 Å². The van der Waals surface area contributed by atoms with Crippen molar-refractivity contribution in [2.45, 2.75) is 32.6 Å². The van der Waals surface area contributed by atoms with Crippen LogP contribution in [0.1, 0.15) is 47.2 Å². The van der Waals surface area contributed by atoms with Crippen LogP contribution >= 0.6 is 0 Å². The molecule has 1 fully saturated rings. The van der Waals surface area contributed by atoms with Gasteiger partial charge in [0.05, 0.1) is 0 Å². The number of rotatable bonds is 6. The Morgan fingerprint density at radius 2 is 1.87 bits per heavy atom. The molecule has 1 heterocycles. The van der Waals surface area contributed by atoms with Crippen LogP contribution in [-0.4, -0.2) is 30.6 Å². The van der Waals surface area contributed by atoms with Gasteiger partial charge in [-0.1, -0.05) is 65.7 Å². The molecule has 3 heteroatoms. The van der Waals surface area contributed by atoms with Gasteiger partial charge in [0.15, 0.2) is 5.78 Å². The van der Waals surface area contributed by atoms with E-state index in [9.17, 15) is 9.90 Å². The standard InChI is InChI=1S/C27H30NO2/c1-19-9-11-20(12-10-19)26-24(15-17-29)23(22-8-5-16-28-18-22)13-14-25(26)27(30)21-6-3-2-4-7-21/h2-4,6-7,9-13,22,28-29H,5,8,14-18H2,1H3. The molecule has 1 atom stereocenters. The van der Waals surface area contributed by atoms with Crippen LogP contribution < -0.4 is 5.32 Å². The Morgan fingerprint density at radius 1 is 1.10 bits per heavy atom. The van der Waals surface area contributed by atoms with E-state index < -0.39 is 0 Å². The average Bonchev–Trinajstić information content (AvgIpc) is 2.80. The number of aliphatic hydroxyl groups excluding tert-OH is 1. The molecule has 0 aromatic heterocycles. The molecule has 1 aliphatic carbocycles. The minimum Gasteiger partial charge on any atom is -0.396 e. The van der Waals surface area contributed by atoms with Crippen LogP contribution in [0.3, 0.4) is 0 Å². The van der Waals surface area contributed by atoms with Gasteiger partial charge in [-0.25, -0.2) is 0 Å². The zero-order valence-electron chi connectivity index (χ0n) is 17.7. The summed E-state index contributed by atoms with van der Waals surface area (Å²) in [5, 5.41) is 13.4. The summed E-state index contributed by atoms with van der Waals surface area (Å²) in [6.45, 7) is 4.18. The third kappa shape index (κ3) is 4.33. The van der Waals surface area contributed by atoms with Crippen molar-refractivity contribution in [3.8, 4) is 0 Å². The molecule has 0 spiro atoms. The molecular weight excluding hydrogens is 370 g/mol. The van der Waals surface area contributed by atoms with E-state index >= 15 is 0 Å². The molecule has 1 aliphatic heterocycles. The Balaban J connectivity index is 1.88. The summed E-state index contributed by atoms with van der Waals surface area (Å²) in [6, 6.07) is 18.0. The highest BCUT2D eigenvalue weighted by molar-refractivity contribution is 6.15. The van der Waals surface area contributed by atoms with Crippen LogP contribution in [0.25, 0.3) is 5.57 Å². The Labute approximate surface area is 179 Å². The first-order chi connectivity index (χ1) is 14.7. The van der Waals surface area contributed by atoms with Crippen molar-refractivity contribution in [2.24, 2.45) is 5.92 Å². The number of nitrogens with one attached hydrogen (secondary N) is 1. The Kier molecular flexibility index (Phi) is 6.61. The molecule has 2 aromatic rings. The van der Waals surface area contributed by atoms with Gasteiger partial charge < -0.3 is 10.4 Å². The lowest BCUT2D eigenvalue weighted by Gasteiger charge is -2.33. The number of carbonyl (C=O) groups excluding carboxylic acids is 1. The Hall–Kier alpha value is -2.49. The Morgan fingerprint density at radius 3 is 2.53 bits per heavy atom. The molecule has 155 valence electrons. The first-order valence-corrected chi connectivity index (χ1v) is 11.0. The van der Waals surface area contributed by atoms with Crippen LogP contribution in [0.5, 0.6) is 0 Å². The zero-order chi connectivity index (χ0) is 20.9. The third-order valence-corrected chi connectivity index (χ3v) is 6.23. The van der Waals surface area contributed by atoms with Gasteiger partial charge in [0.25, 0.3) is 0 Å². The molecule has 0 saturated carbocycles. The number of aryl methyl sites for hydroxylation is 1. The fraction of sp³-hybridized carbons (Fsp3) is 0.333. The number of hydrogen-bond acceptors (Lipinski definition) is 3. The average molecular weight is 401 g/mol. The second kappa shape index (κ2) is 9.55. The molecule has 3 nitrogen and oxygen atoms in total. The number of hydrogen-bond donors (Lipinski definition) is 2. The fourth-order valence-corrected chi connectivity index (χ4v) is 4.71. The van der Waals surface area contributed by atoms with Gasteiger partial charge in [0, 0.05) is 24.3 Å². The number of ketones is 1. The first-order valence-electron chi connectivity index (χ1n) is 11.0. The maximum absolute atomic E-state index is 13.5. The van der Waals surface area contributed by atoms with Crippen molar-refractivity contribution in [2.75, 3.05) is 19.7 Å². The summed E-state index contributed by atoms with van der Waals surface area (Å²) in [6.07, 6.45) is 5.76. The van der Waals surface area contributed by atoms with Gasteiger partial charge in [0.2, 0.25) is 0 Å². The normalized spacial score (nSPS) is 19.9. The van der Waals surface area contributed by atoms with E-state index in [2.05, 4.69) is 42.9 Å². The van der Waals surface area contributed by atoms with E-state index in [0.717, 1.165) is 53.8 Å².